The van der Waals surface area contributed by atoms with Crippen molar-refractivity contribution in [3.8, 4) is 0 Å². The van der Waals surface area contributed by atoms with Crippen LogP contribution < -0.4 is 5.56 Å². The lowest BCUT2D eigenvalue weighted by Crippen LogP contribution is -2.42. The highest BCUT2D eigenvalue weighted by Crippen LogP contribution is 2.23. The molecule has 1 N–H and O–H groups in total. The van der Waals surface area contributed by atoms with Gasteiger partial charge >= 0.3 is 0 Å². The van der Waals surface area contributed by atoms with Gasteiger partial charge in [0.15, 0.2) is 5.78 Å². The van der Waals surface area contributed by atoms with Gasteiger partial charge in [-0.25, -0.2) is 0 Å². The number of amides is 1. The maximum atomic E-state index is 13.0. The molecule has 0 spiro atoms. The van der Waals surface area contributed by atoms with E-state index in [1.54, 1.807) is 11.8 Å². The van der Waals surface area contributed by atoms with Crippen LogP contribution in [0.2, 0.25) is 0 Å². The number of Topliss-reactive ketones (excluding diaryl/α,β-unsaturated/α-hetero) is 1. The molecule has 148 valence electrons. The number of aromatic amines is 1. The minimum absolute atomic E-state index is 0.0651. The Labute approximate surface area is 165 Å². The Morgan fingerprint density at radius 1 is 1.18 bits per heavy atom. The minimum Gasteiger partial charge on any atom is -0.338 e. The van der Waals surface area contributed by atoms with E-state index in [-0.39, 0.29) is 17.3 Å². The van der Waals surface area contributed by atoms with Crippen LogP contribution in [0.4, 0.5) is 0 Å². The second-order valence-corrected chi connectivity index (χ2v) is 7.83. The smallest absolute Gasteiger partial charge is 0.261 e. The number of hydrogen-bond acceptors (Lipinski definition) is 3. The molecule has 1 aromatic heterocycles. The second-order valence-electron chi connectivity index (χ2n) is 7.83. The molecule has 1 aromatic carbocycles. The maximum absolute atomic E-state index is 13.0. The number of piperidine rings is 1. The fourth-order valence-corrected chi connectivity index (χ4v) is 4.05. The first-order chi connectivity index (χ1) is 13.4. The third-order valence-electron chi connectivity index (χ3n) is 5.74. The molecule has 2 heterocycles. The summed E-state index contributed by atoms with van der Waals surface area (Å²) in [4.78, 5) is 41.5. The zero-order valence-corrected chi connectivity index (χ0v) is 16.9. The second kappa shape index (κ2) is 8.55. The van der Waals surface area contributed by atoms with E-state index >= 15 is 0 Å². The van der Waals surface area contributed by atoms with Gasteiger partial charge < -0.3 is 9.88 Å². The Kier molecular flexibility index (Phi) is 6.12. The molecule has 5 heteroatoms. The number of rotatable bonds is 5. The molecule has 1 fully saturated rings. The molecule has 0 radical (unpaired) electrons. The first-order valence-electron chi connectivity index (χ1n) is 9.95. The highest BCUT2D eigenvalue weighted by molar-refractivity contribution is 5.99. The molecule has 28 heavy (non-hydrogen) atoms. The lowest BCUT2D eigenvalue weighted by atomic mass is 9.90. The first kappa shape index (κ1) is 20.1. The van der Waals surface area contributed by atoms with Crippen LogP contribution in [0.5, 0.6) is 0 Å². The Hall–Kier alpha value is -2.69. The SMILES string of the molecule is CC(=O)c1cc(C(=O)N2CCC[C@@H](CCc3ccccc3C)C2)c(=O)[nH]c1C. The van der Waals surface area contributed by atoms with E-state index in [1.807, 2.05) is 6.07 Å². The molecule has 2 aromatic rings. The van der Waals surface area contributed by atoms with Gasteiger partial charge in [-0.05, 0) is 69.6 Å². The normalized spacial score (nSPS) is 16.8. The van der Waals surface area contributed by atoms with Gasteiger partial charge in [-0.3, -0.25) is 14.4 Å². The van der Waals surface area contributed by atoms with Crippen LogP contribution in [0, 0.1) is 19.8 Å². The number of benzene rings is 1. The zero-order valence-electron chi connectivity index (χ0n) is 16.9. The van der Waals surface area contributed by atoms with Crippen molar-refractivity contribution in [3.63, 3.8) is 0 Å². The average Bonchev–Trinajstić information content (AvgIpc) is 2.67. The number of pyridine rings is 1. The summed E-state index contributed by atoms with van der Waals surface area (Å²) in [5.41, 5.74) is 3.20. The summed E-state index contributed by atoms with van der Waals surface area (Å²) in [6, 6.07) is 9.86. The third kappa shape index (κ3) is 4.41. The summed E-state index contributed by atoms with van der Waals surface area (Å²) in [6.07, 6.45) is 4.06. The van der Waals surface area contributed by atoms with Crippen LogP contribution in [-0.4, -0.2) is 34.7 Å². The molecule has 0 unspecified atom stereocenters. The Morgan fingerprint density at radius 2 is 1.93 bits per heavy atom. The minimum atomic E-state index is -0.422. The topological polar surface area (TPSA) is 70.2 Å². The van der Waals surface area contributed by atoms with Crippen LogP contribution in [0.15, 0.2) is 35.1 Å². The van der Waals surface area contributed by atoms with Crippen molar-refractivity contribution < 1.29 is 9.59 Å². The standard InChI is InChI=1S/C23H28N2O3/c1-15-7-4-5-9-19(15)11-10-18-8-6-12-25(14-18)23(28)21-13-20(17(3)26)16(2)24-22(21)27/h4-5,7,9,13,18H,6,8,10-12,14H2,1-3H3,(H,24,27)/t18-/m0/s1. The van der Waals surface area contributed by atoms with Crippen LogP contribution in [0.3, 0.4) is 0 Å². The van der Waals surface area contributed by atoms with E-state index in [0.29, 0.717) is 30.3 Å². The summed E-state index contributed by atoms with van der Waals surface area (Å²) in [5, 5.41) is 0. The number of hydrogen-bond donors (Lipinski definition) is 1. The van der Waals surface area contributed by atoms with Crippen LogP contribution >= 0.6 is 0 Å². The number of H-pyrrole nitrogens is 1. The average molecular weight is 380 g/mol. The Bertz CT molecular complexity index is 945. The fourth-order valence-electron chi connectivity index (χ4n) is 4.05. The van der Waals surface area contributed by atoms with Crippen molar-refractivity contribution in [2.24, 2.45) is 5.92 Å². The predicted molar refractivity (Wildman–Crippen MR) is 110 cm³/mol. The molecular formula is C23H28N2O3. The van der Waals surface area contributed by atoms with Crippen molar-refractivity contribution in [1.82, 2.24) is 9.88 Å². The summed E-state index contributed by atoms with van der Waals surface area (Å²) in [5.74, 6) is -0.00370. The summed E-state index contributed by atoms with van der Waals surface area (Å²) >= 11 is 0. The zero-order chi connectivity index (χ0) is 20.3. The summed E-state index contributed by atoms with van der Waals surface area (Å²) in [6.45, 7) is 6.56. The number of nitrogens with zero attached hydrogens (tertiary/aromatic N) is 1. The number of aromatic nitrogens is 1. The van der Waals surface area contributed by atoms with Gasteiger partial charge in [0, 0.05) is 24.3 Å². The molecule has 1 aliphatic rings. The van der Waals surface area contributed by atoms with E-state index in [1.165, 1.54) is 24.1 Å². The van der Waals surface area contributed by atoms with Crippen molar-refractivity contribution >= 4 is 11.7 Å². The quantitative estimate of drug-likeness (QED) is 0.805. The number of likely N-dealkylation sites (tertiary alicyclic amines) is 1. The van der Waals surface area contributed by atoms with Crippen molar-refractivity contribution in [2.75, 3.05) is 13.1 Å². The van der Waals surface area contributed by atoms with E-state index in [4.69, 9.17) is 0 Å². The van der Waals surface area contributed by atoms with Gasteiger partial charge in [0.05, 0.1) is 0 Å². The number of carbonyl (C=O) groups is 2. The van der Waals surface area contributed by atoms with Gasteiger partial charge in [-0.15, -0.1) is 0 Å². The van der Waals surface area contributed by atoms with Gasteiger partial charge in [-0.1, -0.05) is 24.3 Å². The van der Waals surface area contributed by atoms with Crippen LogP contribution in [0.1, 0.15) is 63.7 Å². The monoisotopic (exact) mass is 380 g/mol. The lowest BCUT2D eigenvalue weighted by molar-refractivity contribution is 0.0666. The van der Waals surface area contributed by atoms with Gasteiger partial charge in [0.25, 0.3) is 11.5 Å². The molecule has 3 rings (SSSR count). The Balaban J connectivity index is 1.71. The first-order valence-corrected chi connectivity index (χ1v) is 9.95. The van der Waals surface area contributed by atoms with Gasteiger partial charge in [0.2, 0.25) is 0 Å². The number of carbonyl (C=O) groups excluding carboxylic acids is 2. The fraction of sp³-hybridized carbons (Fsp3) is 0.435. The molecule has 1 atom stereocenters. The lowest BCUT2D eigenvalue weighted by Gasteiger charge is -2.33. The van der Waals surface area contributed by atoms with Crippen LogP contribution in [0.25, 0.3) is 0 Å². The maximum Gasteiger partial charge on any atom is 0.261 e. The highest BCUT2D eigenvalue weighted by atomic mass is 16.2. The van der Waals surface area contributed by atoms with Crippen molar-refractivity contribution in [1.29, 1.82) is 0 Å². The van der Waals surface area contributed by atoms with Gasteiger partial charge in [0.1, 0.15) is 5.56 Å². The summed E-state index contributed by atoms with van der Waals surface area (Å²) in [7, 11) is 0. The third-order valence-corrected chi connectivity index (χ3v) is 5.74. The van der Waals surface area contributed by atoms with Crippen LogP contribution in [-0.2, 0) is 6.42 Å². The van der Waals surface area contributed by atoms with Crippen molar-refractivity contribution in [2.45, 2.75) is 46.5 Å². The molecule has 1 saturated heterocycles. The predicted octanol–water partition coefficient (Wildman–Crippen LogP) is 3.68. The molecule has 1 amide bonds. The van der Waals surface area contributed by atoms with Gasteiger partial charge in [-0.2, -0.15) is 0 Å². The highest BCUT2D eigenvalue weighted by Gasteiger charge is 2.26. The largest absolute Gasteiger partial charge is 0.338 e. The molecule has 0 aliphatic carbocycles. The molecule has 5 nitrogen and oxygen atoms in total. The molecular weight excluding hydrogens is 352 g/mol. The summed E-state index contributed by atoms with van der Waals surface area (Å²) < 4.78 is 0. The number of aryl methyl sites for hydroxylation is 3. The van der Waals surface area contributed by atoms with E-state index in [0.717, 1.165) is 25.7 Å². The van der Waals surface area contributed by atoms with E-state index < -0.39 is 5.56 Å². The van der Waals surface area contributed by atoms with Crippen molar-refractivity contribution in [3.05, 3.63) is 68.6 Å². The van der Waals surface area contributed by atoms with E-state index in [2.05, 4.69) is 30.1 Å². The number of nitrogens with one attached hydrogen (secondary N) is 1. The van der Waals surface area contributed by atoms with E-state index in [9.17, 15) is 14.4 Å². The molecule has 0 saturated carbocycles. The molecule has 0 bridgehead atoms. The molecule has 1 aliphatic heterocycles. The Morgan fingerprint density at radius 3 is 2.64 bits per heavy atom. The number of ketones is 1.